The molecule has 0 aliphatic carbocycles. The summed E-state index contributed by atoms with van der Waals surface area (Å²) in [4.78, 5) is 22.5. The Morgan fingerprint density at radius 1 is 1.40 bits per heavy atom. The average Bonchev–Trinajstić information content (AvgIpc) is 2.17. The van der Waals surface area contributed by atoms with Crippen molar-refractivity contribution in [1.82, 2.24) is 0 Å². The third-order valence-electron chi connectivity index (χ3n) is 2.03. The van der Waals surface area contributed by atoms with Gasteiger partial charge in [-0.15, -0.1) is 0 Å². The van der Waals surface area contributed by atoms with Crippen molar-refractivity contribution < 1.29 is 14.7 Å². The molecule has 1 atom stereocenters. The molecule has 1 rings (SSSR count). The second kappa shape index (κ2) is 4.00. The summed E-state index contributed by atoms with van der Waals surface area (Å²) in [7, 11) is 0. The lowest BCUT2D eigenvalue weighted by atomic mass is 9.92. The second-order valence-electron chi connectivity index (χ2n) is 3.32. The molecular weight excluding hydrogens is 218 g/mol. The smallest absolute Gasteiger partial charge is 0.331 e. The minimum atomic E-state index is -1.95. The Hall–Kier alpha value is -1.39. The molecule has 1 unspecified atom stereocenters. The van der Waals surface area contributed by atoms with Gasteiger partial charge in [-0.25, -0.2) is 4.79 Å². The zero-order valence-electron chi connectivity index (χ0n) is 8.03. The zero-order valence-corrected chi connectivity index (χ0v) is 8.78. The van der Waals surface area contributed by atoms with Gasteiger partial charge in [-0.2, -0.15) is 0 Å². The maximum absolute atomic E-state index is 11.7. The SMILES string of the molecule is CC(N)(C(=O)O)C(=O)c1ccccc1Cl. The molecule has 0 heterocycles. The molecule has 15 heavy (non-hydrogen) atoms. The van der Waals surface area contributed by atoms with Crippen LogP contribution in [0.3, 0.4) is 0 Å². The quantitative estimate of drug-likeness (QED) is 0.603. The molecule has 0 bridgehead atoms. The Bertz CT molecular complexity index is 415. The van der Waals surface area contributed by atoms with Gasteiger partial charge in [0.05, 0.1) is 5.02 Å². The van der Waals surface area contributed by atoms with E-state index in [0.717, 1.165) is 6.92 Å². The highest BCUT2D eigenvalue weighted by atomic mass is 35.5. The molecule has 80 valence electrons. The van der Waals surface area contributed by atoms with Gasteiger partial charge >= 0.3 is 5.97 Å². The lowest BCUT2D eigenvalue weighted by molar-refractivity contribution is -0.140. The normalized spacial score (nSPS) is 14.3. The topological polar surface area (TPSA) is 80.4 Å². The fourth-order valence-electron chi connectivity index (χ4n) is 1.02. The highest BCUT2D eigenvalue weighted by molar-refractivity contribution is 6.35. The maximum Gasteiger partial charge on any atom is 0.331 e. The lowest BCUT2D eigenvalue weighted by Gasteiger charge is -2.17. The van der Waals surface area contributed by atoms with Gasteiger partial charge in [-0.05, 0) is 19.1 Å². The first-order valence-electron chi connectivity index (χ1n) is 4.19. The van der Waals surface area contributed by atoms with Gasteiger partial charge in [0, 0.05) is 5.56 Å². The number of nitrogens with two attached hydrogens (primary N) is 1. The summed E-state index contributed by atoms with van der Waals surface area (Å²) in [6.07, 6.45) is 0. The van der Waals surface area contributed by atoms with Crippen molar-refractivity contribution in [3.8, 4) is 0 Å². The van der Waals surface area contributed by atoms with Crippen LogP contribution in [0.1, 0.15) is 17.3 Å². The molecule has 0 aliphatic heterocycles. The van der Waals surface area contributed by atoms with Crippen molar-refractivity contribution in [1.29, 1.82) is 0 Å². The predicted octanol–water partition coefficient (Wildman–Crippen LogP) is 1.32. The van der Waals surface area contributed by atoms with E-state index in [9.17, 15) is 9.59 Å². The number of ketones is 1. The minimum absolute atomic E-state index is 0.117. The van der Waals surface area contributed by atoms with Crippen LogP contribution in [-0.2, 0) is 4.79 Å². The molecule has 3 N–H and O–H groups in total. The molecule has 0 spiro atoms. The summed E-state index contributed by atoms with van der Waals surface area (Å²) in [5, 5.41) is 8.97. The molecule has 0 saturated carbocycles. The molecular formula is C10H10ClNO3. The van der Waals surface area contributed by atoms with Crippen LogP contribution in [0.15, 0.2) is 24.3 Å². The maximum atomic E-state index is 11.7. The molecule has 1 aromatic carbocycles. The number of hydrogen-bond acceptors (Lipinski definition) is 3. The first kappa shape index (κ1) is 11.7. The van der Waals surface area contributed by atoms with Crippen molar-refractivity contribution in [3.05, 3.63) is 34.9 Å². The molecule has 4 nitrogen and oxygen atoms in total. The first-order valence-corrected chi connectivity index (χ1v) is 4.56. The van der Waals surface area contributed by atoms with Crippen LogP contribution in [0.5, 0.6) is 0 Å². The van der Waals surface area contributed by atoms with Crippen molar-refractivity contribution in [2.75, 3.05) is 0 Å². The Morgan fingerprint density at radius 2 is 1.93 bits per heavy atom. The number of aliphatic carboxylic acids is 1. The van der Waals surface area contributed by atoms with E-state index >= 15 is 0 Å². The molecule has 0 fully saturated rings. The molecule has 0 amide bonds. The van der Waals surface area contributed by atoms with Gasteiger partial charge < -0.3 is 10.8 Å². The number of benzene rings is 1. The van der Waals surface area contributed by atoms with Gasteiger partial charge in [-0.1, -0.05) is 23.7 Å². The van der Waals surface area contributed by atoms with E-state index in [1.54, 1.807) is 12.1 Å². The zero-order chi connectivity index (χ0) is 11.6. The number of halogens is 1. The van der Waals surface area contributed by atoms with Crippen LogP contribution in [-0.4, -0.2) is 22.4 Å². The van der Waals surface area contributed by atoms with E-state index in [-0.39, 0.29) is 10.6 Å². The standard InChI is InChI=1S/C10H10ClNO3/c1-10(12,9(14)15)8(13)6-4-2-3-5-7(6)11/h2-5H,12H2,1H3,(H,14,15). The van der Waals surface area contributed by atoms with Crippen molar-refractivity contribution in [3.63, 3.8) is 0 Å². The van der Waals surface area contributed by atoms with E-state index in [4.69, 9.17) is 22.4 Å². The molecule has 0 saturated heterocycles. The monoisotopic (exact) mass is 227 g/mol. The van der Waals surface area contributed by atoms with Gasteiger partial charge in [0.25, 0.3) is 0 Å². The van der Waals surface area contributed by atoms with Crippen molar-refractivity contribution in [2.45, 2.75) is 12.5 Å². The highest BCUT2D eigenvalue weighted by Crippen LogP contribution is 2.19. The number of carboxylic acid groups (broad SMARTS) is 1. The molecule has 0 aliphatic rings. The lowest BCUT2D eigenvalue weighted by Crippen LogP contribution is -2.52. The third-order valence-corrected chi connectivity index (χ3v) is 2.36. The number of hydrogen-bond donors (Lipinski definition) is 2. The molecule has 1 aromatic rings. The largest absolute Gasteiger partial charge is 0.480 e. The first-order chi connectivity index (χ1) is 6.87. The Kier molecular flexibility index (Phi) is 3.12. The number of carbonyl (C=O) groups excluding carboxylic acids is 1. The number of carboxylic acids is 1. The minimum Gasteiger partial charge on any atom is -0.480 e. The number of Topliss-reactive ketones (excluding diaryl/α,β-unsaturated/α-hetero) is 1. The predicted molar refractivity (Wildman–Crippen MR) is 56.0 cm³/mol. The molecule has 0 aromatic heterocycles. The van der Waals surface area contributed by atoms with Gasteiger partial charge in [-0.3, -0.25) is 4.79 Å². The fraction of sp³-hybridized carbons (Fsp3) is 0.200. The summed E-state index contributed by atoms with van der Waals surface area (Å²) >= 11 is 5.76. The summed E-state index contributed by atoms with van der Waals surface area (Å²) in [6.45, 7) is 1.14. The van der Waals surface area contributed by atoms with Crippen molar-refractivity contribution >= 4 is 23.4 Å². The molecule has 0 radical (unpaired) electrons. The Labute approximate surface area is 91.7 Å². The molecule has 5 heteroatoms. The number of rotatable bonds is 3. The van der Waals surface area contributed by atoms with Crippen LogP contribution in [0.2, 0.25) is 5.02 Å². The summed E-state index contributed by atoms with van der Waals surface area (Å²) < 4.78 is 0. The van der Waals surface area contributed by atoms with Crippen molar-refractivity contribution in [2.24, 2.45) is 5.73 Å². The Balaban J connectivity index is 3.16. The van der Waals surface area contributed by atoms with Crippen LogP contribution in [0.4, 0.5) is 0 Å². The summed E-state index contributed by atoms with van der Waals surface area (Å²) in [5.41, 5.74) is 3.56. The van der Waals surface area contributed by atoms with E-state index in [1.807, 2.05) is 0 Å². The van der Waals surface area contributed by atoms with E-state index in [0.29, 0.717) is 0 Å². The number of carbonyl (C=O) groups is 2. The van der Waals surface area contributed by atoms with Crippen LogP contribution in [0, 0.1) is 0 Å². The van der Waals surface area contributed by atoms with Gasteiger partial charge in [0.2, 0.25) is 0 Å². The van der Waals surface area contributed by atoms with E-state index < -0.39 is 17.3 Å². The fourth-order valence-corrected chi connectivity index (χ4v) is 1.24. The van der Waals surface area contributed by atoms with Crippen LogP contribution < -0.4 is 5.73 Å². The van der Waals surface area contributed by atoms with Gasteiger partial charge in [0.1, 0.15) is 0 Å². The Morgan fingerprint density at radius 3 is 2.40 bits per heavy atom. The highest BCUT2D eigenvalue weighted by Gasteiger charge is 2.38. The average molecular weight is 228 g/mol. The van der Waals surface area contributed by atoms with Gasteiger partial charge in [0.15, 0.2) is 11.3 Å². The third kappa shape index (κ3) is 2.16. The summed E-state index contributed by atoms with van der Waals surface area (Å²) in [6, 6.07) is 6.19. The van der Waals surface area contributed by atoms with E-state index in [1.165, 1.54) is 12.1 Å². The second-order valence-corrected chi connectivity index (χ2v) is 3.72. The van der Waals surface area contributed by atoms with Crippen LogP contribution in [0.25, 0.3) is 0 Å². The van der Waals surface area contributed by atoms with Crippen LogP contribution >= 0.6 is 11.6 Å². The summed E-state index contributed by atoms with van der Waals surface area (Å²) in [5.74, 6) is -2.09. The van der Waals surface area contributed by atoms with E-state index in [2.05, 4.69) is 0 Å².